The second-order valence-corrected chi connectivity index (χ2v) is 6.46. The zero-order valence-electron chi connectivity index (χ0n) is 14.9. The van der Waals surface area contributed by atoms with Crippen molar-refractivity contribution in [3.63, 3.8) is 0 Å². The van der Waals surface area contributed by atoms with Gasteiger partial charge in [-0.1, -0.05) is 0 Å². The van der Waals surface area contributed by atoms with E-state index in [0.717, 1.165) is 15.9 Å². The maximum absolute atomic E-state index is 12.3. The van der Waals surface area contributed by atoms with Gasteiger partial charge in [0.2, 0.25) is 0 Å². The Balaban J connectivity index is 1.58. The largest absolute Gasteiger partial charge is 0.465 e. The third-order valence-corrected chi connectivity index (χ3v) is 4.59. The summed E-state index contributed by atoms with van der Waals surface area (Å²) < 4.78 is 12.0. The highest BCUT2D eigenvalue weighted by molar-refractivity contribution is 7.12. The summed E-state index contributed by atoms with van der Waals surface area (Å²) in [4.78, 5) is 52.1. The Morgan fingerprint density at radius 2 is 2.11 bits per heavy atom. The fourth-order valence-electron chi connectivity index (χ4n) is 2.35. The Bertz CT molecular complexity index is 1110. The van der Waals surface area contributed by atoms with E-state index in [1.807, 2.05) is 0 Å². The summed E-state index contributed by atoms with van der Waals surface area (Å²) in [6.45, 7) is -0.984. The third kappa shape index (κ3) is 3.91. The van der Waals surface area contributed by atoms with Crippen LogP contribution in [0, 0.1) is 0 Å². The van der Waals surface area contributed by atoms with Crippen molar-refractivity contribution in [2.45, 2.75) is 6.54 Å². The Hall–Kier alpha value is -3.54. The molecule has 3 rings (SSSR count). The van der Waals surface area contributed by atoms with Gasteiger partial charge >= 0.3 is 11.9 Å². The SMILES string of the molecule is COC(=O)c1sccc1NC(=O)COC(=O)Cn1cnc2c(cnn2C)c1=O. The Kier molecular flexibility index (Phi) is 5.49. The van der Waals surface area contributed by atoms with Crippen molar-refractivity contribution < 1.29 is 23.9 Å². The number of anilines is 1. The standard InChI is InChI=1S/C16H15N5O6S/c1-20-14-9(5-18-20)15(24)21(8-17-14)6-12(23)27-7-11(22)19-10-3-4-28-13(10)16(25)26-2/h3-5,8H,6-7H2,1-2H3,(H,19,22). The molecule has 0 bridgehead atoms. The summed E-state index contributed by atoms with van der Waals surface area (Å²) in [6, 6.07) is 1.53. The summed E-state index contributed by atoms with van der Waals surface area (Å²) in [7, 11) is 2.88. The van der Waals surface area contributed by atoms with Crippen LogP contribution >= 0.6 is 11.3 Å². The van der Waals surface area contributed by atoms with Crippen LogP contribution in [0.5, 0.6) is 0 Å². The highest BCUT2D eigenvalue weighted by atomic mass is 32.1. The summed E-state index contributed by atoms with van der Waals surface area (Å²) in [5.41, 5.74) is 0.215. The smallest absolute Gasteiger partial charge is 0.350 e. The molecule has 0 spiro atoms. The average molecular weight is 405 g/mol. The van der Waals surface area contributed by atoms with Gasteiger partial charge in [0.05, 0.1) is 19.0 Å². The average Bonchev–Trinajstić information content (AvgIpc) is 3.29. The highest BCUT2D eigenvalue weighted by Gasteiger charge is 2.17. The first-order chi connectivity index (χ1) is 13.4. The molecule has 12 heteroatoms. The van der Waals surface area contributed by atoms with Crippen LogP contribution < -0.4 is 10.9 Å². The van der Waals surface area contributed by atoms with E-state index < -0.39 is 36.6 Å². The van der Waals surface area contributed by atoms with Crippen molar-refractivity contribution in [2.75, 3.05) is 19.0 Å². The van der Waals surface area contributed by atoms with E-state index in [0.29, 0.717) is 5.65 Å². The normalized spacial score (nSPS) is 10.6. The highest BCUT2D eigenvalue weighted by Crippen LogP contribution is 2.22. The number of nitrogens with zero attached hydrogens (tertiary/aromatic N) is 4. The lowest BCUT2D eigenvalue weighted by Crippen LogP contribution is -2.28. The van der Waals surface area contributed by atoms with Crippen molar-refractivity contribution in [3.05, 3.63) is 39.2 Å². The van der Waals surface area contributed by atoms with Crippen LogP contribution in [0.1, 0.15) is 9.67 Å². The van der Waals surface area contributed by atoms with Gasteiger partial charge < -0.3 is 14.8 Å². The number of aromatic nitrogens is 4. The number of aryl methyl sites for hydroxylation is 1. The Morgan fingerprint density at radius 1 is 1.32 bits per heavy atom. The lowest BCUT2D eigenvalue weighted by molar-refractivity contribution is -0.147. The van der Waals surface area contributed by atoms with Crippen molar-refractivity contribution in [3.8, 4) is 0 Å². The van der Waals surface area contributed by atoms with Crippen LogP contribution in [0.15, 0.2) is 28.8 Å². The number of esters is 2. The molecule has 3 aromatic heterocycles. The minimum Gasteiger partial charge on any atom is -0.465 e. The molecular formula is C16H15N5O6S. The first-order valence-corrected chi connectivity index (χ1v) is 8.77. The number of methoxy groups -OCH3 is 1. The van der Waals surface area contributed by atoms with E-state index in [4.69, 9.17) is 4.74 Å². The zero-order valence-corrected chi connectivity index (χ0v) is 15.7. The zero-order chi connectivity index (χ0) is 20.3. The second-order valence-electron chi connectivity index (χ2n) is 5.55. The Labute approximate surface area is 161 Å². The summed E-state index contributed by atoms with van der Waals surface area (Å²) >= 11 is 1.11. The molecule has 11 nitrogen and oxygen atoms in total. The molecule has 1 N–H and O–H groups in total. The molecule has 0 aromatic carbocycles. The van der Waals surface area contributed by atoms with Crippen LogP contribution in [-0.4, -0.2) is 50.9 Å². The molecule has 3 heterocycles. The predicted molar refractivity (Wildman–Crippen MR) is 98.0 cm³/mol. The molecule has 0 radical (unpaired) electrons. The molecule has 28 heavy (non-hydrogen) atoms. The molecule has 3 aromatic rings. The molecule has 0 saturated carbocycles. The number of amides is 1. The van der Waals surface area contributed by atoms with Gasteiger partial charge in [-0.25, -0.2) is 9.78 Å². The predicted octanol–water partition coefficient (Wildman–Crippen LogP) is 0.160. The first kappa shape index (κ1) is 19.2. The van der Waals surface area contributed by atoms with Gasteiger partial charge in [-0.3, -0.25) is 23.6 Å². The minimum absolute atomic E-state index is 0.226. The van der Waals surface area contributed by atoms with E-state index in [1.54, 1.807) is 12.4 Å². The van der Waals surface area contributed by atoms with E-state index >= 15 is 0 Å². The Morgan fingerprint density at radius 3 is 2.86 bits per heavy atom. The molecule has 0 atom stereocenters. The van der Waals surface area contributed by atoms with Crippen molar-refractivity contribution in [1.29, 1.82) is 0 Å². The van der Waals surface area contributed by atoms with E-state index in [9.17, 15) is 19.2 Å². The lowest BCUT2D eigenvalue weighted by atomic mass is 10.4. The number of hydrogen-bond acceptors (Lipinski definition) is 9. The van der Waals surface area contributed by atoms with Crippen LogP contribution in [0.3, 0.4) is 0 Å². The van der Waals surface area contributed by atoms with E-state index in [2.05, 4.69) is 20.1 Å². The van der Waals surface area contributed by atoms with Gasteiger partial charge in [-0.2, -0.15) is 5.10 Å². The fraction of sp³-hybridized carbons (Fsp3) is 0.250. The molecule has 0 saturated heterocycles. The van der Waals surface area contributed by atoms with Crippen LogP contribution in [0.2, 0.25) is 0 Å². The van der Waals surface area contributed by atoms with E-state index in [-0.39, 0.29) is 16.0 Å². The maximum Gasteiger partial charge on any atom is 0.350 e. The molecule has 0 aliphatic heterocycles. The third-order valence-electron chi connectivity index (χ3n) is 3.69. The van der Waals surface area contributed by atoms with Crippen LogP contribution in [0.4, 0.5) is 5.69 Å². The van der Waals surface area contributed by atoms with Gasteiger partial charge in [-0.15, -0.1) is 11.3 Å². The quantitative estimate of drug-likeness (QED) is 0.573. The minimum atomic E-state index is -0.791. The molecule has 1 amide bonds. The molecule has 0 aliphatic rings. The topological polar surface area (TPSA) is 134 Å². The summed E-state index contributed by atoms with van der Waals surface area (Å²) in [5, 5.41) is 8.28. The van der Waals surface area contributed by atoms with Crippen molar-refractivity contribution >= 4 is 45.9 Å². The number of hydrogen-bond donors (Lipinski definition) is 1. The summed E-state index contributed by atoms with van der Waals surface area (Å²) in [5.74, 6) is -2.01. The van der Waals surface area contributed by atoms with Crippen LogP contribution in [-0.2, 0) is 32.7 Å². The molecule has 146 valence electrons. The first-order valence-electron chi connectivity index (χ1n) is 7.89. The number of ether oxygens (including phenoxy) is 2. The molecule has 0 fully saturated rings. The molecular weight excluding hydrogens is 390 g/mol. The second kappa shape index (κ2) is 8.00. The van der Waals surface area contributed by atoms with Crippen LogP contribution in [0.25, 0.3) is 11.0 Å². The van der Waals surface area contributed by atoms with Crippen molar-refractivity contribution in [1.82, 2.24) is 19.3 Å². The number of carbonyl (C=O) groups is 3. The van der Waals surface area contributed by atoms with E-state index in [1.165, 1.54) is 30.4 Å². The van der Waals surface area contributed by atoms with Gasteiger partial charge in [0.25, 0.3) is 11.5 Å². The number of carbonyl (C=O) groups excluding carboxylic acids is 3. The monoisotopic (exact) mass is 405 g/mol. The number of fused-ring (bicyclic) bond motifs is 1. The fourth-order valence-corrected chi connectivity index (χ4v) is 3.12. The number of rotatable bonds is 6. The summed E-state index contributed by atoms with van der Waals surface area (Å²) in [6.07, 6.45) is 2.57. The van der Waals surface area contributed by atoms with Gasteiger partial charge in [0.1, 0.15) is 23.1 Å². The van der Waals surface area contributed by atoms with Crippen molar-refractivity contribution in [2.24, 2.45) is 7.05 Å². The molecule has 0 unspecified atom stereocenters. The maximum atomic E-state index is 12.3. The number of nitrogens with one attached hydrogen (secondary N) is 1. The lowest BCUT2D eigenvalue weighted by Gasteiger charge is -2.08. The van der Waals surface area contributed by atoms with Gasteiger partial charge in [0, 0.05) is 7.05 Å². The van der Waals surface area contributed by atoms with Gasteiger partial charge in [0.15, 0.2) is 12.3 Å². The number of thiophene rings is 1. The molecule has 0 aliphatic carbocycles. The van der Waals surface area contributed by atoms with Gasteiger partial charge in [-0.05, 0) is 11.4 Å².